The molecule has 0 spiro atoms. The van der Waals surface area contributed by atoms with Crippen LogP contribution in [0.15, 0.2) is 18.2 Å². The van der Waals surface area contributed by atoms with Crippen molar-refractivity contribution in [2.45, 2.75) is 27.2 Å². The third-order valence-corrected chi connectivity index (χ3v) is 3.19. The number of rotatable bonds is 6. The van der Waals surface area contributed by atoms with Crippen LogP contribution in [0.1, 0.15) is 37.6 Å². The number of carbonyl (C=O) groups is 1. The van der Waals surface area contributed by atoms with Gasteiger partial charge in [-0.15, -0.1) is 0 Å². The molecular formula is C15H21BrO3. The van der Waals surface area contributed by atoms with Crippen molar-refractivity contribution in [3.8, 4) is 11.5 Å². The van der Waals surface area contributed by atoms with E-state index >= 15 is 0 Å². The van der Waals surface area contributed by atoms with E-state index in [1.165, 1.54) is 0 Å². The molecule has 1 rings (SSSR count). The topological polar surface area (TPSA) is 35.5 Å². The number of methoxy groups -OCH3 is 1. The lowest BCUT2D eigenvalue weighted by molar-refractivity contribution is 0.102. The summed E-state index contributed by atoms with van der Waals surface area (Å²) in [6, 6.07) is 5.28. The molecule has 0 radical (unpaired) electrons. The molecule has 3 nitrogen and oxygen atoms in total. The van der Waals surface area contributed by atoms with Crippen LogP contribution in [0.3, 0.4) is 0 Å². The van der Waals surface area contributed by atoms with Crippen molar-refractivity contribution in [1.29, 1.82) is 0 Å². The molecule has 1 aromatic rings. The molecule has 0 aromatic heterocycles. The van der Waals surface area contributed by atoms with Gasteiger partial charge in [-0.05, 0) is 24.0 Å². The van der Waals surface area contributed by atoms with Gasteiger partial charge in [0, 0.05) is 11.6 Å². The summed E-state index contributed by atoms with van der Waals surface area (Å²) in [5, 5.41) is 0.293. The first-order valence-electron chi connectivity index (χ1n) is 6.27. The zero-order valence-corrected chi connectivity index (χ0v) is 13.5. The highest BCUT2D eigenvalue weighted by Crippen LogP contribution is 2.25. The molecule has 0 unspecified atom stereocenters. The van der Waals surface area contributed by atoms with Crippen molar-refractivity contribution < 1.29 is 14.3 Å². The molecule has 19 heavy (non-hydrogen) atoms. The number of benzene rings is 1. The van der Waals surface area contributed by atoms with E-state index in [0.717, 1.165) is 6.42 Å². The molecular weight excluding hydrogens is 308 g/mol. The zero-order valence-electron chi connectivity index (χ0n) is 12.0. The van der Waals surface area contributed by atoms with Crippen LogP contribution in [-0.2, 0) is 0 Å². The van der Waals surface area contributed by atoms with E-state index in [2.05, 4.69) is 36.7 Å². The standard InChI is InChI=1S/C15H21BrO3/c1-15(2,3)5-6-19-13-8-11(14(17)10-16)7-12(9-13)18-4/h7-9H,5-6,10H2,1-4H3. The maximum Gasteiger partial charge on any atom is 0.173 e. The Balaban J connectivity index is 2.79. The SMILES string of the molecule is COc1cc(OCCC(C)(C)C)cc(C(=O)CBr)c1. The fourth-order valence-electron chi connectivity index (χ4n) is 1.49. The molecule has 0 fully saturated rings. The van der Waals surface area contributed by atoms with Gasteiger partial charge in [0.1, 0.15) is 11.5 Å². The Morgan fingerprint density at radius 3 is 2.37 bits per heavy atom. The van der Waals surface area contributed by atoms with E-state index in [4.69, 9.17) is 9.47 Å². The summed E-state index contributed by atoms with van der Waals surface area (Å²) in [6.07, 6.45) is 0.950. The molecule has 0 aliphatic heterocycles. The fourth-order valence-corrected chi connectivity index (χ4v) is 1.81. The number of alkyl halides is 1. The van der Waals surface area contributed by atoms with Crippen LogP contribution in [0.2, 0.25) is 0 Å². The number of hydrogen-bond acceptors (Lipinski definition) is 3. The average molecular weight is 329 g/mol. The van der Waals surface area contributed by atoms with Crippen molar-refractivity contribution in [1.82, 2.24) is 0 Å². The summed E-state index contributed by atoms with van der Waals surface area (Å²) >= 11 is 3.17. The second kappa shape index (κ2) is 6.94. The predicted octanol–water partition coefficient (Wildman–Crippen LogP) is 4.09. The van der Waals surface area contributed by atoms with Gasteiger partial charge in [-0.1, -0.05) is 36.7 Å². The normalized spacial score (nSPS) is 11.2. The molecule has 0 amide bonds. The molecule has 106 valence electrons. The van der Waals surface area contributed by atoms with Crippen molar-refractivity contribution >= 4 is 21.7 Å². The van der Waals surface area contributed by atoms with E-state index in [-0.39, 0.29) is 11.2 Å². The first kappa shape index (κ1) is 16.0. The molecule has 0 saturated carbocycles. The number of hydrogen-bond donors (Lipinski definition) is 0. The molecule has 0 aliphatic carbocycles. The van der Waals surface area contributed by atoms with Crippen molar-refractivity contribution in [2.75, 3.05) is 19.0 Å². The van der Waals surface area contributed by atoms with E-state index in [1.54, 1.807) is 25.3 Å². The molecule has 0 atom stereocenters. The van der Waals surface area contributed by atoms with Gasteiger partial charge in [0.15, 0.2) is 5.78 Å². The van der Waals surface area contributed by atoms with Gasteiger partial charge in [0.05, 0.1) is 19.0 Å². The second-order valence-electron chi connectivity index (χ2n) is 5.61. The van der Waals surface area contributed by atoms with Gasteiger partial charge in [-0.25, -0.2) is 0 Å². The lowest BCUT2D eigenvalue weighted by atomic mass is 9.93. The van der Waals surface area contributed by atoms with Gasteiger partial charge in [0.25, 0.3) is 0 Å². The highest BCUT2D eigenvalue weighted by molar-refractivity contribution is 9.09. The van der Waals surface area contributed by atoms with Crippen LogP contribution in [0.25, 0.3) is 0 Å². The van der Waals surface area contributed by atoms with Gasteiger partial charge >= 0.3 is 0 Å². The van der Waals surface area contributed by atoms with Crippen LogP contribution in [0.5, 0.6) is 11.5 Å². The number of ketones is 1. The monoisotopic (exact) mass is 328 g/mol. The molecule has 0 N–H and O–H groups in total. The van der Waals surface area contributed by atoms with Gasteiger partial charge in [0.2, 0.25) is 0 Å². The first-order valence-corrected chi connectivity index (χ1v) is 7.39. The Morgan fingerprint density at radius 1 is 1.21 bits per heavy atom. The number of ether oxygens (including phenoxy) is 2. The smallest absolute Gasteiger partial charge is 0.173 e. The molecule has 0 bridgehead atoms. The van der Waals surface area contributed by atoms with E-state index in [1.807, 2.05) is 0 Å². The number of halogens is 1. The van der Waals surface area contributed by atoms with Gasteiger partial charge in [-0.3, -0.25) is 4.79 Å². The minimum atomic E-state index is 0.0135. The largest absolute Gasteiger partial charge is 0.497 e. The summed E-state index contributed by atoms with van der Waals surface area (Å²) in [5.41, 5.74) is 0.829. The van der Waals surface area contributed by atoms with Crippen molar-refractivity contribution in [3.63, 3.8) is 0 Å². The minimum absolute atomic E-state index is 0.0135. The van der Waals surface area contributed by atoms with Crippen molar-refractivity contribution in [2.24, 2.45) is 5.41 Å². The Kier molecular flexibility index (Phi) is 5.85. The summed E-state index contributed by atoms with van der Waals surface area (Å²) in [6.45, 7) is 7.13. The Morgan fingerprint density at radius 2 is 1.84 bits per heavy atom. The second-order valence-corrected chi connectivity index (χ2v) is 6.17. The quantitative estimate of drug-likeness (QED) is 0.582. The Bertz CT molecular complexity index is 436. The van der Waals surface area contributed by atoms with Crippen molar-refractivity contribution in [3.05, 3.63) is 23.8 Å². The van der Waals surface area contributed by atoms with Gasteiger partial charge < -0.3 is 9.47 Å². The maximum atomic E-state index is 11.7. The Labute approximate surface area is 123 Å². The summed E-state index contributed by atoms with van der Waals surface area (Å²) < 4.78 is 10.9. The van der Waals surface area contributed by atoms with Gasteiger partial charge in [-0.2, -0.15) is 0 Å². The lowest BCUT2D eigenvalue weighted by Gasteiger charge is -2.18. The average Bonchev–Trinajstić information content (AvgIpc) is 2.35. The third kappa shape index (κ3) is 5.64. The predicted molar refractivity (Wildman–Crippen MR) is 80.7 cm³/mol. The third-order valence-electron chi connectivity index (χ3n) is 2.68. The summed E-state index contributed by atoms with van der Waals surface area (Å²) in [7, 11) is 1.58. The van der Waals surface area contributed by atoms with Crippen LogP contribution < -0.4 is 9.47 Å². The van der Waals surface area contributed by atoms with E-state index < -0.39 is 0 Å². The maximum absolute atomic E-state index is 11.7. The fraction of sp³-hybridized carbons (Fsp3) is 0.533. The molecule has 0 heterocycles. The van der Waals surface area contributed by atoms with Crippen LogP contribution >= 0.6 is 15.9 Å². The highest BCUT2D eigenvalue weighted by atomic mass is 79.9. The number of carbonyl (C=O) groups excluding carboxylic acids is 1. The van der Waals surface area contributed by atoms with E-state index in [0.29, 0.717) is 29.0 Å². The van der Waals surface area contributed by atoms with Crippen LogP contribution in [0.4, 0.5) is 0 Å². The number of Topliss-reactive ketones (excluding diaryl/α,β-unsaturated/α-hetero) is 1. The van der Waals surface area contributed by atoms with Crippen LogP contribution in [0, 0.1) is 5.41 Å². The minimum Gasteiger partial charge on any atom is -0.497 e. The molecule has 0 saturated heterocycles. The first-order chi connectivity index (χ1) is 8.85. The molecule has 4 heteroatoms. The molecule has 1 aromatic carbocycles. The lowest BCUT2D eigenvalue weighted by Crippen LogP contribution is -2.11. The molecule has 0 aliphatic rings. The zero-order chi connectivity index (χ0) is 14.5. The van der Waals surface area contributed by atoms with E-state index in [9.17, 15) is 4.79 Å². The summed E-state index contributed by atoms with van der Waals surface area (Å²) in [5.74, 6) is 1.32. The summed E-state index contributed by atoms with van der Waals surface area (Å²) in [4.78, 5) is 11.7. The Hall–Kier alpha value is -1.03. The van der Waals surface area contributed by atoms with Crippen LogP contribution in [-0.4, -0.2) is 24.8 Å². The highest BCUT2D eigenvalue weighted by Gasteiger charge is 2.12.